The van der Waals surface area contributed by atoms with Gasteiger partial charge in [-0.2, -0.15) is 0 Å². The lowest BCUT2D eigenvalue weighted by Gasteiger charge is -2.19. The van der Waals surface area contributed by atoms with Crippen molar-refractivity contribution in [2.45, 2.75) is 45.7 Å². The summed E-state index contributed by atoms with van der Waals surface area (Å²) in [5, 5.41) is 0. The first kappa shape index (κ1) is 15.5. The Bertz CT molecular complexity index is 802. The molecule has 0 atom stereocenters. The van der Waals surface area contributed by atoms with E-state index < -0.39 is 5.54 Å². The van der Waals surface area contributed by atoms with Crippen molar-refractivity contribution in [1.29, 1.82) is 0 Å². The van der Waals surface area contributed by atoms with E-state index in [1.807, 2.05) is 13.8 Å². The molecule has 2 N–H and O–H groups in total. The van der Waals surface area contributed by atoms with Gasteiger partial charge in [0.25, 0.3) is 5.56 Å². The second kappa shape index (κ2) is 4.84. The van der Waals surface area contributed by atoms with E-state index in [2.05, 4.69) is 4.98 Å². The molecule has 7 nitrogen and oxygen atoms in total. The summed E-state index contributed by atoms with van der Waals surface area (Å²) in [6, 6.07) is 0. The third-order valence-electron chi connectivity index (χ3n) is 3.48. The minimum absolute atomic E-state index is 0.163. The largest absolute Gasteiger partial charge is 0.332 e. The van der Waals surface area contributed by atoms with Gasteiger partial charge in [0.1, 0.15) is 5.82 Å². The maximum absolute atomic E-state index is 12.7. The fourth-order valence-corrected chi connectivity index (χ4v) is 2.52. The third kappa shape index (κ3) is 2.53. The number of aryl methyl sites for hydroxylation is 2. The van der Waals surface area contributed by atoms with Crippen LogP contribution in [0.5, 0.6) is 0 Å². The van der Waals surface area contributed by atoms with Crippen molar-refractivity contribution in [3.63, 3.8) is 0 Å². The standard InChI is InChI=1S/C14H23N5O2/c1-8(2)10-16-11-9(17(10)5)12(20)19(7-14(3,4)15)13(21)18(11)6/h8H,7,15H2,1-6H3. The highest BCUT2D eigenvalue weighted by molar-refractivity contribution is 5.71. The Morgan fingerprint density at radius 3 is 2.24 bits per heavy atom. The number of imidazole rings is 1. The summed E-state index contributed by atoms with van der Waals surface area (Å²) in [5.41, 5.74) is 5.44. The molecule has 2 aromatic heterocycles. The van der Waals surface area contributed by atoms with Crippen molar-refractivity contribution in [3.05, 3.63) is 26.7 Å². The number of hydrogen-bond donors (Lipinski definition) is 1. The molecular formula is C14H23N5O2. The highest BCUT2D eigenvalue weighted by atomic mass is 16.2. The highest BCUT2D eigenvalue weighted by Gasteiger charge is 2.22. The molecule has 0 radical (unpaired) electrons. The maximum atomic E-state index is 12.7. The van der Waals surface area contributed by atoms with Gasteiger partial charge >= 0.3 is 5.69 Å². The molecule has 7 heteroatoms. The van der Waals surface area contributed by atoms with Crippen LogP contribution < -0.4 is 17.0 Å². The first-order valence-electron chi connectivity index (χ1n) is 6.99. The van der Waals surface area contributed by atoms with Gasteiger partial charge in [0.15, 0.2) is 11.2 Å². The van der Waals surface area contributed by atoms with E-state index in [0.29, 0.717) is 11.2 Å². The van der Waals surface area contributed by atoms with Gasteiger partial charge in [-0.3, -0.25) is 13.9 Å². The lowest BCUT2D eigenvalue weighted by molar-refractivity contribution is 0.411. The zero-order chi connectivity index (χ0) is 16.1. The molecule has 0 aliphatic heterocycles. The molecule has 2 aromatic rings. The maximum Gasteiger partial charge on any atom is 0.332 e. The van der Waals surface area contributed by atoms with Gasteiger partial charge in [0.2, 0.25) is 0 Å². The number of nitrogens with zero attached hydrogens (tertiary/aromatic N) is 4. The zero-order valence-corrected chi connectivity index (χ0v) is 13.5. The van der Waals surface area contributed by atoms with E-state index in [-0.39, 0.29) is 23.7 Å². The molecule has 0 aliphatic carbocycles. The average Bonchev–Trinajstić information content (AvgIpc) is 2.69. The summed E-state index contributed by atoms with van der Waals surface area (Å²) in [6.45, 7) is 7.73. The Hall–Kier alpha value is -1.89. The van der Waals surface area contributed by atoms with Crippen molar-refractivity contribution in [1.82, 2.24) is 18.7 Å². The van der Waals surface area contributed by atoms with Crippen LogP contribution in [0.3, 0.4) is 0 Å². The van der Waals surface area contributed by atoms with Crippen LogP contribution in [-0.4, -0.2) is 24.2 Å². The van der Waals surface area contributed by atoms with Gasteiger partial charge in [-0.05, 0) is 13.8 Å². The Kier molecular flexibility index (Phi) is 3.57. The van der Waals surface area contributed by atoms with Gasteiger partial charge in [-0.1, -0.05) is 13.8 Å². The molecule has 0 spiro atoms. The second-order valence-electron chi connectivity index (χ2n) is 6.58. The van der Waals surface area contributed by atoms with Crippen LogP contribution in [0.25, 0.3) is 11.2 Å². The Morgan fingerprint density at radius 2 is 1.76 bits per heavy atom. The number of hydrogen-bond acceptors (Lipinski definition) is 4. The molecule has 0 unspecified atom stereocenters. The monoisotopic (exact) mass is 293 g/mol. The first-order valence-corrected chi connectivity index (χ1v) is 6.99. The number of fused-ring (bicyclic) bond motifs is 1. The van der Waals surface area contributed by atoms with E-state index in [4.69, 9.17) is 5.73 Å². The third-order valence-corrected chi connectivity index (χ3v) is 3.48. The van der Waals surface area contributed by atoms with Crippen LogP contribution in [0.1, 0.15) is 39.4 Å². The van der Waals surface area contributed by atoms with Crippen molar-refractivity contribution in [2.24, 2.45) is 19.8 Å². The van der Waals surface area contributed by atoms with Crippen molar-refractivity contribution in [3.8, 4) is 0 Å². The zero-order valence-electron chi connectivity index (χ0n) is 13.5. The molecular weight excluding hydrogens is 270 g/mol. The number of rotatable bonds is 3. The number of nitrogens with two attached hydrogens (primary N) is 1. The van der Waals surface area contributed by atoms with E-state index in [1.54, 1.807) is 32.5 Å². The summed E-state index contributed by atoms with van der Waals surface area (Å²) < 4.78 is 4.37. The molecule has 0 saturated heterocycles. The molecule has 0 fully saturated rings. The average molecular weight is 293 g/mol. The minimum Gasteiger partial charge on any atom is -0.325 e. The van der Waals surface area contributed by atoms with Gasteiger partial charge in [-0.25, -0.2) is 9.78 Å². The quantitative estimate of drug-likeness (QED) is 0.881. The highest BCUT2D eigenvalue weighted by Crippen LogP contribution is 2.17. The van der Waals surface area contributed by atoms with Crippen LogP contribution in [-0.2, 0) is 20.6 Å². The molecule has 0 aliphatic rings. The number of aromatic nitrogens is 4. The van der Waals surface area contributed by atoms with Crippen LogP contribution in [0.2, 0.25) is 0 Å². The fraction of sp³-hybridized carbons (Fsp3) is 0.643. The summed E-state index contributed by atoms with van der Waals surface area (Å²) in [7, 11) is 3.43. The predicted octanol–water partition coefficient (Wildman–Crippen LogP) is 0.294. The van der Waals surface area contributed by atoms with E-state index in [1.165, 1.54) is 9.13 Å². The molecule has 0 amide bonds. The summed E-state index contributed by atoms with van der Waals surface area (Å²) in [5.74, 6) is 0.943. The predicted molar refractivity (Wildman–Crippen MR) is 82.6 cm³/mol. The smallest absolute Gasteiger partial charge is 0.325 e. The van der Waals surface area contributed by atoms with Crippen LogP contribution in [0.4, 0.5) is 0 Å². The normalized spacial score (nSPS) is 12.6. The minimum atomic E-state index is -0.650. The van der Waals surface area contributed by atoms with E-state index in [0.717, 1.165) is 5.82 Å². The lowest BCUT2D eigenvalue weighted by Crippen LogP contribution is -2.47. The van der Waals surface area contributed by atoms with Crippen molar-refractivity contribution < 1.29 is 0 Å². The fourth-order valence-electron chi connectivity index (χ4n) is 2.52. The Balaban J connectivity index is 2.90. The van der Waals surface area contributed by atoms with Crippen LogP contribution >= 0.6 is 0 Å². The molecule has 0 saturated carbocycles. The molecule has 0 aromatic carbocycles. The van der Waals surface area contributed by atoms with E-state index >= 15 is 0 Å². The molecule has 21 heavy (non-hydrogen) atoms. The van der Waals surface area contributed by atoms with Gasteiger partial charge in [-0.15, -0.1) is 0 Å². The van der Waals surface area contributed by atoms with Crippen molar-refractivity contribution in [2.75, 3.05) is 0 Å². The summed E-state index contributed by atoms with van der Waals surface area (Å²) >= 11 is 0. The Morgan fingerprint density at radius 1 is 1.19 bits per heavy atom. The van der Waals surface area contributed by atoms with Crippen LogP contribution in [0.15, 0.2) is 9.59 Å². The Labute approximate surface area is 123 Å². The van der Waals surface area contributed by atoms with Crippen LogP contribution in [0, 0.1) is 0 Å². The summed E-state index contributed by atoms with van der Waals surface area (Å²) in [4.78, 5) is 29.5. The lowest BCUT2D eigenvalue weighted by atomic mass is 10.1. The molecule has 2 heterocycles. The van der Waals surface area contributed by atoms with Gasteiger partial charge < -0.3 is 10.3 Å². The summed E-state index contributed by atoms with van der Waals surface area (Å²) in [6.07, 6.45) is 0. The van der Waals surface area contributed by atoms with Crippen molar-refractivity contribution >= 4 is 11.2 Å². The second-order valence-corrected chi connectivity index (χ2v) is 6.58. The molecule has 116 valence electrons. The topological polar surface area (TPSA) is 87.8 Å². The van der Waals surface area contributed by atoms with Gasteiger partial charge in [0, 0.05) is 32.1 Å². The molecule has 0 bridgehead atoms. The van der Waals surface area contributed by atoms with Gasteiger partial charge in [0.05, 0.1) is 0 Å². The first-order chi connectivity index (χ1) is 9.54. The molecule has 2 rings (SSSR count). The SMILES string of the molecule is CC(C)c1nc2c(c(=O)n(CC(C)(C)N)c(=O)n2C)n1C. The van der Waals surface area contributed by atoms with E-state index in [9.17, 15) is 9.59 Å².